The van der Waals surface area contributed by atoms with E-state index < -0.39 is 0 Å². The Bertz CT molecular complexity index is 287. The summed E-state index contributed by atoms with van der Waals surface area (Å²) in [6, 6.07) is 9.65. The van der Waals surface area contributed by atoms with Crippen molar-refractivity contribution in [2.45, 2.75) is 6.54 Å². The molecule has 4 heteroatoms. The van der Waals surface area contributed by atoms with E-state index in [1.54, 1.807) is 0 Å². The smallest absolute Gasteiger partial charge is 0.246 e. The quantitative estimate of drug-likeness (QED) is 0.663. The van der Waals surface area contributed by atoms with Crippen LogP contribution >= 0.6 is 0 Å². The number of rotatable bonds is 6. The van der Waals surface area contributed by atoms with Gasteiger partial charge < -0.3 is 15.2 Å². The molecule has 82 valence electrons. The highest BCUT2D eigenvalue weighted by atomic mass is 16.5. The SMILES string of the molecule is O=C(COCCO)NCc1ccccc1. The molecule has 0 saturated heterocycles. The van der Waals surface area contributed by atoms with Crippen LogP contribution in [0.15, 0.2) is 30.3 Å². The molecule has 1 amide bonds. The van der Waals surface area contributed by atoms with Crippen LogP contribution in [0.1, 0.15) is 5.56 Å². The van der Waals surface area contributed by atoms with Gasteiger partial charge in [-0.05, 0) is 5.56 Å². The number of aliphatic hydroxyl groups excluding tert-OH is 1. The average molecular weight is 209 g/mol. The second-order valence-corrected chi connectivity index (χ2v) is 3.04. The topological polar surface area (TPSA) is 58.6 Å². The van der Waals surface area contributed by atoms with Crippen LogP contribution in [0.5, 0.6) is 0 Å². The number of amides is 1. The zero-order valence-corrected chi connectivity index (χ0v) is 8.48. The zero-order valence-electron chi connectivity index (χ0n) is 8.48. The second kappa shape index (κ2) is 6.98. The molecule has 0 aromatic heterocycles. The Morgan fingerprint density at radius 1 is 1.33 bits per heavy atom. The molecule has 0 aliphatic heterocycles. The van der Waals surface area contributed by atoms with Gasteiger partial charge >= 0.3 is 0 Å². The van der Waals surface area contributed by atoms with Gasteiger partial charge in [0, 0.05) is 6.54 Å². The third-order valence-electron chi connectivity index (χ3n) is 1.80. The Hall–Kier alpha value is -1.39. The standard InChI is InChI=1S/C11H15NO3/c13-6-7-15-9-11(14)12-8-10-4-2-1-3-5-10/h1-5,13H,6-9H2,(H,12,14). The fraction of sp³-hybridized carbons (Fsp3) is 0.364. The zero-order chi connectivity index (χ0) is 10.9. The largest absolute Gasteiger partial charge is 0.394 e. The molecule has 4 nitrogen and oxygen atoms in total. The molecule has 0 radical (unpaired) electrons. The average Bonchev–Trinajstić information content (AvgIpc) is 2.28. The third kappa shape index (κ3) is 5.15. The predicted molar refractivity (Wildman–Crippen MR) is 56.2 cm³/mol. The Balaban J connectivity index is 2.17. The van der Waals surface area contributed by atoms with Crippen molar-refractivity contribution in [2.75, 3.05) is 19.8 Å². The second-order valence-electron chi connectivity index (χ2n) is 3.04. The molecule has 0 fully saturated rings. The fourth-order valence-electron chi connectivity index (χ4n) is 1.08. The van der Waals surface area contributed by atoms with Gasteiger partial charge in [-0.2, -0.15) is 0 Å². The molecule has 0 saturated carbocycles. The molecular weight excluding hydrogens is 194 g/mol. The van der Waals surface area contributed by atoms with E-state index in [0.717, 1.165) is 5.56 Å². The molecule has 1 aromatic rings. The molecule has 2 N–H and O–H groups in total. The van der Waals surface area contributed by atoms with E-state index in [0.29, 0.717) is 6.54 Å². The highest BCUT2D eigenvalue weighted by molar-refractivity contribution is 5.77. The fourth-order valence-corrected chi connectivity index (χ4v) is 1.08. The highest BCUT2D eigenvalue weighted by Gasteiger charge is 2.00. The van der Waals surface area contributed by atoms with Gasteiger partial charge in [0.1, 0.15) is 6.61 Å². The minimum absolute atomic E-state index is 0.00655. The summed E-state index contributed by atoms with van der Waals surface area (Å²) >= 11 is 0. The number of hydrogen-bond acceptors (Lipinski definition) is 3. The van der Waals surface area contributed by atoms with Gasteiger partial charge in [-0.1, -0.05) is 30.3 Å². The van der Waals surface area contributed by atoms with Crippen LogP contribution < -0.4 is 5.32 Å². The van der Waals surface area contributed by atoms with Gasteiger partial charge in [-0.3, -0.25) is 4.79 Å². The molecule has 15 heavy (non-hydrogen) atoms. The Kier molecular flexibility index (Phi) is 5.43. The van der Waals surface area contributed by atoms with Crippen LogP contribution in [0.25, 0.3) is 0 Å². The maximum absolute atomic E-state index is 11.2. The first-order valence-electron chi connectivity index (χ1n) is 4.82. The lowest BCUT2D eigenvalue weighted by atomic mass is 10.2. The van der Waals surface area contributed by atoms with Crippen molar-refractivity contribution in [3.05, 3.63) is 35.9 Å². The van der Waals surface area contributed by atoms with E-state index in [2.05, 4.69) is 5.32 Å². The summed E-state index contributed by atoms with van der Waals surface area (Å²) in [4.78, 5) is 11.2. The van der Waals surface area contributed by atoms with Crippen LogP contribution in [-0.2, 0) is 16.1 Å². The number of carbonyl (C=O) groups excluding carboxylic acids is 1. The van der Waals surface area contributed by atoms with Gasteiger partial charge in [0.2, 0.25) is 5.91 Å². The van der Waals surface area contributed by atoms with Crippen molar-refractivity contribution in [1.29, 1.82) is 0 Å². The molecule has 0 spiro atoms. The summed E-state index contributed by atoms with van der Waals surface area (Å²) in [5.74, 6) is -0.174. The van der Waals surface area contributed by atoms with Gasteiger partial charge in [0.15, 0.2) is 0 Å². The summed E-state index contributed by atoms with van der Waals surface area (Å²) in [6.07, 6.45) is 0. The number of hydrogen-bond donors (Lipinski definition) is 2. The van der Waals surface area contributed by atoms with E-state index in [1.165, 1.54) is 0 Å². The Morgan fingerprint density at radius 3 is 2.73 bits per heavy atom. The Labute approximate surface area is 88.9 Å². The van der Waals surface area contributed by atoms with E-state index in [-0.39, 0.29) is 25.7 Å². The van der Waals surface area contributed by atoms with Crippen molar-refractivity contribution >= 4 is 5.91 Å². The van der Waals surface area contributed by atoms with Crippen molar-refractivity contribution in [3.8, 4) is 0 Å². The maximum atomic E-state index is 11.2. The summed E-state index contributed by atoms with van der Waals surface area (Å²) in [6.45, 7) is 0.625. The van der Waals surface area contributed by atoms with E-state index >= 15 is 0 Å². The van der Waals surface area contributed by atoms with Gasteiger partial charge in [0.25, 0.3) is 0 Å². The lowest BCUT2D eigenvalue weighted by Crippen LogP contribution is -2.27. The van der Waals surface area contributed by atoms with Crippen molar-refractivity contribution in [2.24, 2.45) is 0 Å². The predicted octanol–water partition coefficient (Wildman–Crippen LogP) is 0.312. The van der Waals surface area contributed by atoms with Crippen molar-refractivity contribution in [1.82, 2.24) is 5.32 Å². The van der Waals surface area contributed by atoms with E-state index in [4.69, 9.17) is 9.84 Å². The summed E-state index contributed by atoms with van der Waals surface area (Å²) < 4.78 is 4.87. The summed E-state index contributed by atoms with van der Waals surface area (Å²) in [5, 5.41) is 11.1. The minimum Gasteiger partial charge on any atom is -0.394 e. The monoisotopic (exact) mass is 209 g/mol. The number of ether oxygens (including phenoxy) is 1. The van der Waals surface area contributed by atoms with Crippen LogP contribution in [0.2, 0.25) is 0 Å². The maximum Gasteiger partial charge on any atom is 0.246 e. The lowest BCUT2D eigenvalue weighted by Gasteiger charge is -2.05. The first-order chi connectivity index (χ1) is 7.33. The number of benzene rings is 1. The van der Waals surface area contributed by atoms with E-state index in [1.807, 2.05) is 30.3 Å². The Morgan fingerprint density at radius 2 is 2.07 bits per heavy atom. The van der Waals surface area contributed by atoms with Crippen molar-refractivity contribution in [3.63, 3.8) is 0 Å². The third-order valence-corrected chi connectivity index (χ3v) is 1.80. The molecule has 1 aromatic carbocycles. The normalized spacial score (nSPS) is 9.93. The van der Waals surface area contributed by atoms with E-state index in [9.17, 15) is 4.79 Å². The molecule has 0 unspecified atom stereocenters. The molecular formula is C11H15NO3. The summed E-state index contributed by atoms with van der Waals surface area (Å²) in [7, 11) is 0. The van der Waals surface area contributed by atoms with Crippen molar-refractivity contribution < 1.29 is 14.6 Å². The van der Waals surface area contributed by atoms with Gasteiger partial charge in [0.05, 0.1) is 13.2 Å². The first kappa shape index (κ1) is 11.7. The van der Waals surface area contributed by atoms with Crippen LogP contribution in [-0.4, -0.2) is 30.8 Å². The first-order valence-corrected chi connectivity index (χ1v) is 4.82. The van der Waals surface area contributed by atoms with Crippen LogP contribution in [0.4, 0.5) is 0 Å². The molecule has 0 bridgehead atoms. The number of nitrogens with one attached hydrogen (secondary N) is 1. The van der Waals surface area contributed by atoms with Gasteiger partial charge in [-0.25, -0.2) is 0 Å². The van der Waals surface area contributed by atoms with Crippen LogP contribution in [0.3, 0.4) is 0 Å². The molecule has 0 atom stereocenters. The molecule has 0 aliphatic rings. The summed E-state index contributed by atoms with van der Waals surface area (Å²) in [5.41, 5.74) is 1.05. The molecule has 0 aliphatic carbocycles. The number of aliphatic hydroxyl groups is 1. The lowest BCUT2D eigenvalue weighted by molar-refractivity contribution is -0.126. The molecule has 1 rings (SSSR count). The van der Waals surface area contributed by atoms with Gasteiger partial charge in [-0.15, -0.1) is 0 Å². The van der Waals surface area contributed by atoms with Crippen LogP contribution in [0, 0.1) is 0 Å². The highest BCUT2D eigenvalue weighted by Crippen LogP contribution is 1.96. The minimum atomic E-state index is -0.174. The number of carbonyl (C=O) groups is 1. The molecule has 0 heterocycles.